The van der Waals surface area contributed by atoms with Crippen molar-refractivity contribution in [2.24, 2.45) is 0 Å². The van der Waals surface area contributed by atoms with Crippen molar-refractivity contribution in [3.63, 3.8) is 0 Å². The molecule has 0 atom stereocenters. The molecule has 0 radical (unpaired) electrons. The molecule has 2 rings (SSSR count). The Morgan fingerprint density at radius 3 is 2.42 bits per heavy atom. The Bertz CT molecular complexity index is 446. The van der Waals surface area contributed by atoms with Crippen molar-refractivity contribution >= 4 is 15.9 Å². The van der Waals surface area contributed by atoms with Crippen molar-refractivity contribution in [3.05, 3.63) is 21.7 Å². The summed E-state index contributed by atoms with van der Waals surface area (Å²) in [4.78, 5) is 2.44. The lowest BCUT2D eigenvalue weighted by molar-refractivity contribution is 0.228. The summed E-state index contributed by atoms with van der Waals surface area (Å²) in [6.45, 7) is 7.26. The van der Waals surface area contributed by atoms with E-state index >= 15 is 0 Å². The summed E-state index contributed by atoms with van der Waals surface area (Å²) >= 11 is 3.53. The number of nitrogens with one attached hydrogen (secondary N) is 1. The molecule has 1 aromatic carbocycles. The van der Waals surface area contributed by atoms with E-state index in [1.54, 1.807) is 14.2 Å². The van der Waals surface area contributed by atoms with E-state index < -0.39 is 0 Å². The van der Waals surface area contributed by atoms with E-state index in [-0.39, 0.29) is 0 Å². The maximum atomic E-state index is 5.57. The number of nitrogens with zero attached hydrogens (tertiary/aromatic N) is 1. The molecule has 0 aliphatic carbocycles. The Morgan fingerprint density at radius 1 is 1.21 bits per heavy atom. The van der Waals surface area contributed by atoms with Gasteiger partial charge in [0, 0.05) is 38.3 Å². The maximum absolute atomic E-state index is 5.57. The average Bonchev–Trinajstić information content (AvgIpc) is 2.42. The molecule has 1 saturated heterocycles. The molecule has 19 heavy (non-hydrogen) atoms. The van der Waals surface area contributed by atoms with E-state index in [0.717, 1.165) is 48.7 Å². The molecule has 0 amide bonds. The molecule has 1 aromatic rings. The largest absolute Gasteiger partial charge is 0.492 e. The molecule has 1 fully saturated rings. The van der Waals surface area contributed by atoms with Crippen LogP contribution in [0.25, 0.3) is 0 Å². The monoisotopic (exact) mass is 328 g/mol. The highest BCUT2D eigenvalue weighted by Gasteiger charge is 2.19. The summed E-state index contributed by atoms with van der Waals surface area (Å²) in [5, 5.41) is 3.37. The third-order valence-corrected chi connectivity index (χ3v) is 4.11. The van der Waals surface area contributed by atoms with Gasteiger partial charge in [-0.1, -0.05) is 0 Å². The molecule has 1 heterocycles. The number of piperazine rings is 1. The first kappa shape index (κ1) is 14.6. The summed E-state index contributed by atoms with van der Waals surface area (Å²) in [7, 11) is 3.37. The third-order valence-electron chi connectivity index (χ3n) is 3.52. The van der Waals surface area contributed by atoms with Crippen molar-refractivity contribution in [1.29, 1.82) is 0 Å². The molecule has 0 spiro atoms. The van der Waals surface area contributed by atoms with Crippen LogP contribution in [-0.4, -0.2) is 45.3 Å². The molecule has 4 nitrogen and oxygen atoms in total. The Kier molecular flexibility index (Phi) is 5.07. The average molecular weight is 329 g/mol. The van der Waals surface area contributed by atoms with E-state index in [2.05, 4.69) is 39.1 Å². The predicted octanol–water partition coefficient (Wildman–Crippen LogP) is 2.18. The number of hydrogen-bond acceptors (Lipinski definition) is 4. The van der Waals surface area contributed by atoms with Gasteiger partial charge in [-0.15, -0.1) is 0 Å². The number of hydrogen-bond donors (Lipinski definition) is 1. The van der Waals surface area contributed by atoms with Crippen molar-refractivity contribution in [2.75, 3.05) is 40.4 Å². The van der Waals surface area contributed by atoms with Gasteiger partial charge in [0.25, 0.3) is 0 Å². The van der Waals surface area contributed by atoms with Crippen LogP contribution >= 0.6 is 15.9 Å². The van der Waals surface area contributed by atoms with E-state index in [9.17, 15) is 0 Å². The Labute approximate surface area is 123 Å². The fourth-order valence-corrected chi connectivity index (χ4v) is 3.15. The van der Waals surface area contributed by atoms with Crippen molar-refractivity contribution in [3.8, 4) is 11.5 Å². The molecule has 1 aliphatic heterocycles. The maximum Gasteiger partial charge on any atom is 0.175 e. The number of benzene rings is 1. The van der Waals surface area contributed by atoms with Crippen LogP contribution in [0.5, 0.6) is 11.5 Å². The number of halogens is 1. The zero-order chi connectivity index (χ0) is 13.8. The molecule has 1 N–H and O–H groups in total. The van der Waals surface area contributed by atoms with E-state index in [0.29, 0.717) is 0 Å². The van der Waals surface area contributed by atoms with Crippen LogP contribution in [-0.2, 0) is 6.54 Å². The summed E-state index contributed by atoms with van der Waals surface area (Å²) in [6.07, 6.45) is 0. The van der Waals surface area contributed by atoms with Crippen molar-refractivity contribution in [1.82, 2.24) is 10.2 Å². The molecular formula is C14H21BrN2O2. The summed E-state index contributed by atoms with van der Waals surface area (Å²) in [5.74, 6) is 1.62. The van der Waals surface area contributed by atoms with Gasteiger partial charge < -0.3 is 14.8 Å². The molecular weight excluding hydrogens is 308 g/mol. The van der Waals surface area contributed by atoms with Crippen molar-refractivity contribution in [2.45, 2.75) is 13.5 Å². The minimum Gasteiger partial charge on any atom is -0.492 e. The quantitative estimate of drug-likeness (QED) is 0.918. The van der Waals surface area contributed by atoms with Gasteiger partial charge >= 0.3 is 0 Å². The zero-order valence-corrected chi connectivity index (χ0v) is 13.3. The molecule has 1 aliphatic rings. The molecule has 0 aromatic heterocycles. The fraction of sp³-hybridized carbons (Fsp3) is 0.571. The van der Waals surface area contributed by atoms with E-state index in [1.165, 1.54) is 11.1 Å². The normalized spacial score (nSPS) is 16.4. The van der Waals surface area contributed by atoms with Crippen LogP contribution in [0.2, 0.25) is 0 Å². The molecule has 106 valence electrons. The van der Waals surface area contributed by atoms with Gasteiger partial charge in [0.05, 0.1) is 18.7 Å². The van der Waals surface area contributed by atoms with Gasteiger partial charge in [-0.25, -0.2) is 0 Å². The first-order valence-corrected chi connectivity index (χ1v) is 7.29. The molecule has 5 heteroatoms. The lowest BCUT2D eigenvalue weighted by Gasteiger charge is -2.29. The van der Waals surface area contributed by atoms with Gasteiger partial charge in [-0.3, -0.25) is 4.90 Å². The van der Waals surface area contributed by atoms with E-state index in [1.807, 2.05) is 0 Å². The van der Waals surface area contributed by atoms with Crippen LogP contribution in [0.1, 0.15) is 11.1 Å². The Morgan fingerprint density at radius 2 is 1.84 bits per heavy atom. The molecule has 0 saturated carbocycles. The highest BCUT2D eigenvalue weighted by atomic mass is 79.9. The highest BCUT2D eigenvalue weighted by molar-refractivity contribution is 9.10. The van der Waals surface area contributed by atoms with Crippen LogP contribution in [0.3, 0.4) is 0 Å². The first-order chi connectivity index (χ1) is 9.17. The van der Waals surface area contributed by atoms with Gasteiger partial charge in [0.2, 0.25) is 0 Å². The van der Waals surface area contributed by atoms with Crippen LogP contribution < -0.4 is 14.8 Å². The summed E-state index contributed by atoms with van der Waals surface area (Å²) in [5.41, 5.74) is 2.44. The number of rotatable bonds is 4. The Balaban J connectivity index is 2.32. The second-order valence-corrected chi connectivity index (χ2v) is 5.60. The number of aryl methyl sites for hydroxylation is 1. The van der Waals surface area contributed by atoms with E-state index in [4.69, 9.17) is 9.47 Å². The Hall–Kier alpha value is -0.780. The smallest absolute Gasteiger partial charge is 0.175 e. The van der Waals surface area contributed by atoms with Gasteiger partial charge in [0.15, 0.2) is 11.5 Å². The van der Waals surface area contributed by atoms with Gasteiger partial charge in [-0.05, 0) is 34.5 Å². The topological polar surface area (TPSA) is 33.7 Å². The highest BCUT2D eigenvalue weighted by Crippen LogP contribution is 2.40. The zero-order valence-electron chi connectivity index (χ0n) is 11.8. The minimum atomic E-state index is 0.776. The second kappa shape index (κ2) is 6.59. The molecule has 0 unspecified atom stereocenters. The molecule has 0 bridgehead atoms. The fourth-order valence-electron chi connectivity index (χ4n) is 2.46. The SMILES string of the molecule is COc1c(Br)cc(C)c(CN2CCNCC2)c1OC. The predicted molar refractivity (Wildman–Crippen MR) is 80.1 cm³/mol. The standard InChI is InChI=1S/C14H21BrN2O2/c1-10-8-12(15)14(19-3)13(18-2)11(10)9-17-6-4-16-5-7-17/h8,16H,4-7,9H2,1-3H3. The first-order valence-electron chi connectivity index (χ1n) is 6.50. The number of ether oxygens (including phenoxy) is 2. The lowest BCUT2D eigenvalue weighted by atomic mass is 10.1. The minimum absolute atomic E-state index is 0.776. The van der Waals surface area contributed by atoms with Gasteiger partial charge in [-0.2, -0.15) is 0 Å². The number of methoxy groups -OCH3 is 2. The third kappa shape index (κ3) is 3.22. The summed E-state index contributed by atoms with van der Waals surface area (Å²) in [6, 6.07) is 2.10. The van der Waals surface area contributed by atoms with Crippen LogP contribution in [0.15, 0.2) is 10.5 Å². The van der Waals surface area contributed by atoms with Crippen LogP contribution in [0, 0.1) is 6.92 Å². The van der Waals surface area contributed by atoms with Gasteiger partial charge in [0.1, 0.15) is 0 Å². The lowest BCUT2D eigenvalue weighted by Crippen LogP contribution is -2.43. The van der Waals surface area contributed by atoms with Crippen molar-refractivity contribution < 1.29 is 9.47 Å². The van der Waals surface area contributed by atoms with Crippen LogP contribution in [0.4, 0.5) is 0 Å². The second-order valence-electron chi connectivity index (χ2n) is 4.75. The summed E-state index contributed by atoms with van der Waals surface area (Å²) < 4.78 is 12.0.